The molecule has 1 N–H and O–H groups in total. The van der Waals surface area contributed by atoms with Gasteiger partial charge in [-0.1, -0.05) is 0 Å². The van der Waals surface area contributed by atoms with Crippen molar-refractivity contribution >= 4 is 11.8 Å². The van der Waals surface area contributed by atoms with Crippen molar-refractivity contribution in [3.63, 3.8) is 0 Å². The van der Waals surface area contributed by atoms with E-state index >= 15 is 0 Å². The molecule has 0 aromatic rings. The van der Waals surface area contributed by atoms with Crippen LogP contribution in [0.15, 0.2) is 0 Å². The molecule has 0 bridgehead atoms. The first kappa shape index (κ1) is 10.6. The minimum Gasteiger partial charge on any atom is -0.312 e. The van der Waals surface area contributed by atoms with Crippen molar-refractivity contribution in [3.05, 3.63) is 0 Å². The number of amides is 2. The molecule has 0 aromatic carbocycles. The Morgan fingerprint density at radius 2 is 2.13 bits per heavy atom. The van der Waals surface area contributed by atoms with E-state index in [0.29, 0.717) is 12.5 Å². The van der Waals surface area contributed by atoms with Gasteiger partial charge < -0.3 is 5.32 Å². The lowest BCUT2D eigenvalue weighted by Gasteiger charge is -2.34. The minimum absolute atomic E-state index is 0.0471. The number of imide groups is 1. The van der Waals surface area contributed by atoms with Crippen LogP contribution >= 0.6 is 0 Å². The van der Waals surface area contributed by atoms with Crippen LogP contribution < -0.4 is 5.32 Å². The number of likely N-dealkylation sites (tertiary alicyclic amines) is 1. The third-order valence-electron chi connectivity index (χ3n) is 3.20. The summed E-state index contributed by atoms with van der Waals surface area (Å²) >= 11 is 0. The maximum absolute atomic E-state index is 11.8. The fourth-order valence-electron chi connectivity index (χ4n) is 2.27. The Morgan fingerprint density at radius 3 is 2.67 bits per heavy atom. The Bertz CT molecular complexity index is 292. The summed E-state index contributed by atoms with van der Waals surface area (Å²) in [6.45, 7) is 4.68. The molecule has 84 valence electrons. The van der Waals surface area contributed by atoms with Crippen molar-refractivity contribution in [3.8, 4) is 0 Å². The lowest BCUT2D eigenvalue weighted by atomic mass is 10.1. The van der Waals surface area contributed by atoms with Crippen LogP contribution in [0, 0.1) is 0 Å². The molecule has 0 aromatic heterocycles. The van der Waals surface area contributed by atoms with E-state index in [2.05, 4.69) is 17.1 Å². The van der Waals surface area contributed by atoms with E-state index in [1.54, 1.807) is 7.05 Å². The fourth-order valence-corrected chi connectivity index (χ4v) is 2.27. The zero-order chi connectivity index (χ0) is 11.0. The number of hydrogen-bond donors (Lipinski definition) is 1. The van der Waals surface area contributed by atoms with Gasteiger partial charge in [0.25, 0.3) is 0 Å². The molecule has 15 heavy (non-hydrogen) atoms. The van der Waals surface area contributed by atoms with Crippen molar-refractivity contribution in [1.29, 1.82) is 0 Å². The van der Waals surface area contributed by atoms with E-state index in [1.807, 2.05) is 0 Å². The highest BCUT2D eigenvalue weighted by molar-refractivity contribution is 6.05. The largest absolute Gasteiger partial charge is 0.312 e. The summed E-state index contributed by atoms with van der Waals surface area (Å²) in [7, 11) is 1.57. The minimum atomic E-state index is -0.216. The van der Waals surface area contributed by atoms with Crippen molar-refractivity contribution in [2.75, 3.05) is 26.7 Å². The first-order valence-electron chi connectivity index (χ1n) is 5.37. The van der Waals surface area contributed by atoms with Crippen molar-refractivity contribution < 1.29 is 9.59 Å². The summed E-state index contributed by atoms with van der Waals surface area (Å²) in [6, 6.07) is 0.180. The molecule has 2 amide bonds. The topological polar surface area (TPSA) is 52.7 Å². The molecule has 5 heteroatoms. The van der Waals surface area contributed by atoms with Gasteiger partial charge >= 0.3 is 0 Å². The number of piperazine rings is 1. The Labute approximate surface area is 89.4 Å². The van der Waals surface area contributed by atoms with Crippen LogP contribution in [-0.2, 0) is 9.59 Å². The number of rotatable bonds is 1. The lowest BCUT2D eigenvalue weighted by molar-refractivity contribution is -0.138. The monoisotopic (exact) mass is 211 g/mol. The maximum Gasteiger partial charge on any atom is 0.246 e. The fraction of sp³-hybridized carbons (Fsp3) is 0.800. The number of likely N-dealkylation sites (N-methyl/N-ethyl adjacent to an activating group) is 1. The number of nitrogens with zero attached hydrogens (tertiary/aromatic N) is 2. The van der Waals surface area contributed by atoms with Gasteiger partial charge in [0.2, 0.25) is 11.8 Å². The van der Waals surface area contributed by atoms with Gasteiger partial charge in [-0.25, -0.2) is 0 Å². The quantitative estimate of drug-likeness (QED) is 0.567. The molecule has 2 aliphatic rings. The molecule has 0 saturated carbocycles. The molecule has 5 nitrogen and oxygen atoms in total. The van der Waals surface area contributed by atoms with Crippen LogP contribution in [-0.4, -0.2) is 60.4 Å². The Kier molecular flexibility index (Phi) is 2.75. The van der Waals surface area contributed by atoms with Crippen LogP contribution in [0.2, 0.25) is 0 Å². The van der Waals surface area contributed by atoms with Gasteiger partial charge in [-0.15, -0.1) is 0 Å². The van der Waals surface area contributed by atoms with Gasteiger partial charge in [-0.3, -0.25) is 19.4 Å². The van der Waals surface area contributed by atoms with Gasteiger partial charge in [0, 0.05) is 32.7 Å². The van der Waals surface area contributed by atoms with Crippen LogP contribution in [0.4, 0.5) is 0 Å². The Balaban J connectivity index is 2.05. The lowest BCUT2D eigenvalue weighted by Crippen LogP contribution is -2.54. The van der Waals surface area contributed by atoms with E-state index in [0.717, 1.165) is 19.6 Å². The van der Waals surface area contributed by atoms with Crippen LogP contribution in [0.5, 0.6) is 0 Å². The normalized spacial score (nSPS) is 33.9. The molecule has 2 aliphatic heterocycles. The van der Waals surface area contributed by atoms with Crippen molar-refractivity contribution in [2.24, 2.45) is 0 Å². The number of carbonyl (C=O) groups is 2. The summed E-state index contributed by atoms with van der Waals surface area (Å²) in [4.78, 5) is 26.5. The van der Waals surface area contributed by atoms with Gasteiger partial charge in [-0.2, -0.15) is 0 Å². The smallest absolute Gasteiger partial charge is 0.246 e. The van der Waals surface area contributed by atoms with Gasteiger partial charge in [0.1, 0.15) is 0 Å². The zero-order valence-electron chi connectivity index (χ0n) is 9.19. The van der Waals surface area contributed by atoms with Gasteiger partial charge in [0.15, 0.2) is 0 Å². The molecule has 2 heterocycles. The predicted molar refractivity (Wildman–Crippen MR) is 55.2 cm³/mol. The predicted octanol–water partition coefficient (Wildman–Crippen LogP) is -0.963. The standard InChI is InChI=1S/C10H17N3O2/c1-7-6-13(4-3-11-7)8-5-9(14)12(2)10(8)15/h7-8,11H,3-6H2,1-2H3. The maximum atomic E-state index is 11.8. The number of hydrogen-bond acceptors (Lipinski definition) is 4. The Hall–Kier alpha value is -0.940. The highest BCUT2D eigenvalue weighted by Crippen LogP contribution is 2.18. The molecule has 2 fully saturated rings. The molecular weight excluding hydrogens is 194 g/mol. The van der Waals surface area contributed by atoms with E-state index < -0.39 is 0 Å². The summed E-state index contributed by atoms with van der Waals surface area (Å²) in [5.74, 6) is -0.106. The molecule has 0 radical (unpaired) electrons. The first-order chi connectivity index (χ1) is 7.09. The first-order valence-corrected chi connectivity index (χ1v) is 5.37. The third-order valence-corrected chi connectivity index (χ3v) is 3.20. The molecule has 2 unspecified atom stereocenters. The van der Waals surface area contributed by atoms with Crippen molar-refractivity contribution in [2.45, 2.75) is 25.4 Å². The number of carbonyl (C=O) groups excluding carboxylic acids is 2. The van der Waals surface area contributed by atoms with E-state index in [4.69, 9.17) is 0 Å². The summed E-state index contributed by atoms with van der Waals surface area (Å²) in [5, 5.41) is 3.32. The second-order valence-electron chi connectivity index (χ2n) is 4.36. The second-order valence-corrected chi connectivity index (χ2v) is 4.36. The summed E-state index contributed by atoms with van der Waals surface area (Å²) in [5.41, 5.74) is 0. The zero-order valence-corrected chi connectivity index (χ0v) is 9.19. The van der Waals surface area contributed by atoms with E-state index in [-0.39, 0.29) is 17.9 Å². The van der Waals surface area contributed by atoms with Crippen molar-refractivity contribution in [1.82, 2.24) is 15.1 Å². The second kappa shape index (κ2) is 3.90. The van der Waals surface area contributed by atoms with Gasteiger partial charge in [-0.05, 0) is 6.92 Å². The molecule has 2 saturated heterocycles. The highest BCUT2D eigenvalue weighted by atomic mass is 16.2. The van der Waals surface area contributed by atoms with Crippen LogP contribution in [0.1, 0.15) is 13.3 Å². The average molecular weight is 211 g/mol. The van der Waals surface area contributed by atoms with Crippen LogP contribution in [0.3, 0.4) is 0 Å². The van der Waals surface area contributed by atoms with E-state index in [9.17, 15) is 9.59 Å². The summed E-state index contributed by atoms with van der Waals surface area (Å²) < 4.78 is 0. The molecule has 2 atom stereocenters. The van der Waals surface area contributed by atoms with Gasteiger partial charge in [0.05, 0.1) is 12.5 Å². The third kappa shape index (κ3) is 1.89. The average Bonchev–Trinajstić information content (AvgIpc) is 2.46. The van der Waals surface area contributed by atoms with Crippen LogP contribution in [0.25, 0.3) is 0 Å². The highest BCUT2D eigenvalue weighted by Gasteiger charge is 2.40. The Morgan fingerprint density at radius 1 is 1.40 bits per heavy atom. The molecule has 2 rings (SSSR count). The number of nitrogens with one attached hydrogen (secondary N) is 1. The summed E-state index contributed by atoms with van der Waals surface area (Å²) in [6.07, 6.45) is 0.349. The molecule has 0 spiro atoms. The molecule has 0 aliphatic carbocycles. The van der Waals surface area contributed by atoms with E-state index in [1.165, 1.54) is 4.90 Å². The molecular formula is C10H17N3O2. The SMILES string of the molecule is CC1CN(C2CC(=O)N(C)C2=O)CCN1.